The summed E-state index contributed by atoms with van der Waals surface area (Å²) in [6, 6.07) is 11.8. The molecule has 0 amide bonds. The maximum Gasteiger partial charge on any atom is 0.342 e. The van der Waals surface area contributed by atoms with Gasteiger partial charge in [-0.15, -0.1) is 0 Å². The highest BCUT2D eigenvalue weighted by molar-refractivity contribution is 7.92. The molecule has 0 aliphatic carbocycles. The van der Waals surface area contributed by atoms with Crippen molar-refractivity contribution < 1.29 is 42.1 Å². The van der Waals surface area contributed by atoms with Crippen LogP contribution in [0.25, 0.3) is 5.76 Å². The molecule has 0 unspecified atom stereocenters. The Bertz CT molecular complexity index is 1360. The third kappa shape index (κ3) is 4.62. The lowest BCUT2D eigenvalue weighted by Crippen LogP contribution is -2.38. The second kappa shape index (κ2) is 10.0. The Balaban J connectivity index is 2.47. The molecule has 0 bridgehead atoms. The van der Waals surface area contributed by atoms with Crippen LogP contribution in [0.15, 0.2) is 70.1 Å². The number of aliphatic hydroxyl groups is 1. The van der Waals surface area contributed by atoms with Crippen LogP contribution in [0.1, 0.15) is 11.1 Å². The van der Waals surface area contributed by atoms with Gasteiger partial charge in [-0.1, -0.05) is 29.8 Å². The van der Waals surface area contributed by atoms with Crippen molar-refractivity contribution in [3.8, 4) is 0 Å². The molecule has 2 aromatic rings. The SMILES string of the molecule is COC(=O)C1=C(C(=O)OC)C(C(=O)OC)=C(O)c2ccccc2N(S(=O)(=O)c2ccc(C)cc2)C1. The van der Waals surface area contributed by atoms with E-state index in [1.165, 1.54) is 36.4 Å². The van der Waals surface area contributed by atoms with Crippen LogP contribution in [0.5, 0.6) is 0 Å². The number of ether oxygens (including phenoxy) is 3. The minimum absolute atomic E-state index is 0.0442. The maximum absolute atomic E-state index is 13.8. The molecular weight excluding hydrogens is 478 g/mol. The number of hydrogen-bond acceptors (Lipinski definition) is 9. The first-order valence-corrected chi connectivity index (χ1v) is 11.6. The fraction of sp³-hybridized carbons (Fsp3) is 0.208. The van der Waals surface area contributed by atoms with E-state index in [0.717, 1.165) is 31.2 Å². The van der Waals surface area contributed by atoms with E-state index < -0.39 is 57.0 Å². The summed E-state index contributed by atoms with van der Waals surface area (Å²) in [5.74, 6) is -4.21. The third-order valence-corrected chi connectivity index (χ3v) is 7.11. The lowest BCUT2D eigenvalue weighted by molar-refractivity contribution is -0.140. The first-order chi connectivity index (χ1) is 16.6. The first-order valence-electron chi connectivity index (χ1n) is 10.2. The van der Waals surface area contributed by atoms with E-state index in [1.807, 2.05) is 0 Å². The van der Waals surface area contributed by atoms with Crippen LogP contribution in [0.3, 0.4) is 0 Å². The fourth-order valence-corrected chi connectivity index (χ4v) is 5.02. The summed E-state index contributed by atoms with van der Waals surface area (Å²) in [5, 5.41) is 11.2. The second-order valence-electron chi connectivity index (χ2n) is 7.39. The summed E-state index contributed by atoms with van der Waals surface area (Å²) >= 11 is 0. The Labute approximate surface area is 202 Å². The van der Waals surface area contributed by atoms with E-state index in [4.69, 9.17) is 14.2 Å². The minimum atomic E-state index is -4.34. The average molecular weight is 502 g/mol. The van der Waals surface area contributed by atoms with Gasteiger partial charge in [0.25, 0.3) is 10.0 Å². The van der Waals surface area contributed by atoms with Gasteiger partial charge in [0.15, 0.2) is 0 Å². The normalized spacial score (nSPS) is 14.0. The molecule has 0 atom stereocenters. The van der Waals surface area contributed by atoms with Crippen LogP contribution in [0.2, 0.25) is 0 Å². The fourth-order valence-electron chi connectivity index (χ4n) is 3.57. The number of anilines is 1. The van der Waals surface area contributed by atoms with Crippen molar-refractivity contribution in [1.29, 1.82) is 0 Å². The molecule has 0 fully saturated rings. The van der Waals surface area contributed by atoms with Crippen molar-refractivity contribution in [2.24, 2.45) is 0 Å². The summed E-state index contributed by atoms with van der Waals surface area (Å²) in [4.78, 5) is 38.2. The Morgan fingerprint density at radius 3 is 1.94 bits per heavy atom. The molecule has 0 saturated carbocycles. The van der Waals surface area contributed by atoms with Crippen molar-refractivity contribution in [3.05, 3.63) is 76.4 Å². The molecule has 0 aromatic heterocycles. The molecule has 35 heavy (non-hydrogen) atoms. The number of nitrogens with zero attached hydrogens (tertiary/aromatic N) is 1. The summed E-state index contributed by atoms with van der Waals surface area (Å²) in [6.45, 7) is 1.08. The van der Waals surface area contributed by atoms with Gasteiger partial charge in [0.05, 0.1) is 49.6 Å². The zero-order valence-corrected chi connectivity index (χ0v) is 20.2. The van der Waals surface area contributed by atoms with Crippen LogP contribution >= 0.6 is 0 Å². The number of esters is 3. The molecule has 3 rings (SSSR count). The number of aryl methyl sites for hydroxylation is 1. The topological polar surface area (TPSA) is 137 Å². The lowest BCUT2D eigenvalue weighted by atomic mass is 9.93. The molecule has 1 N–H and O–H groups in total. The van der Waals surface area contributed by atoms with Crippen molar-refractivity contribution in [1.82, 2.24) is 0 Å². The van der Waals surface area contributed by atoms with Gasteiger partial charge in [0.1, 0.15) is 11.3 Å². The highest BCUT2D eigenvalue weighted by atomic mass is 32.2. The van der Waals surface area contributed by atoms with E-state index in [-0.39, 0.29) is 16.1 Å². The number of fused-ring (bicyclic) bond motifs is 1. The zero-order chi connectivity index (χ0) is 25.9. The Morgan fingerprint density at radius 1 is 0.829 bits per heavy atom. The number of carbonyl (C=O) groups excluding carboxylic acids is 3. The Hall–Kier alpha value is -4.12. The van der Waals surface area contributed by atoms with Gasteiger partial charge in [0, 0.05) is 5.56 Å². The van der Waals surface area contributed by atoms with Crippen molar-refractivity contribution in [3.63, 3.8) is 0 Å². The molecule has 1 aliphatic rings. The molecule has 0 saturated heterocycles. The van der Waals surface area contributed by atoms with Gasteiger partial charge >= 0.3 is 17.9 Å². The molecule has 184 valence electrons. The highest BCUT2D eigenvalue weighted by Gasteiger charge is 2.39. The van der Waals surface area contributed by atoms with Crippen LogP contribution in [-0.4, -0.2) is 59.3 Å². The lowest BCUT2D eigenvalue weighted by Gasteiger charge is -2.30. The quantitative estimate of drug-likeness (QED) is 0.483. The summed E-state index contributed by atoms with van der Waals surface area (Å²) in [5.41, 5.74) is -1.19. The Morgan fingerprint density at radius 2 is 1.37 bits per heavy atom. The molecular formula is C24H23NO9S. The predicted molar refractivity (Wildman–Crippen MR) is 125 cm³/mol. The van der Waals surface area contributed by atoms with Crippen molar-refractivity contribution in [2.75, 3.05) is 32.2 Å². The van der Waals surface area contributed by atoms with Crippen LogP contribution in [-0.2, 0) is 38.6 Å². The predicted octanol–water partition coefficient (Wildman–Crippen LogP) is 2.29. The molecule has 10 nitrogen and oxygen atoms in total. The standard InChI is InChI=1S/C24H23NO9S/c1-14-9-11-15(12-10-14)35(30,31)25-13-17(22(27)32-2)19(23(28)33-3)20(24(29)34-4)21(26)16-7-5-6-8-18(16)25/h5-12,26H,13H2,1-4H3. The van der Waals surface area contributed by atoms with E-state index >= 15 is 0 Å². The monoisotopic (exact) mass is 501 g/mol. The highest BCUT2D eigenvalue weighted by Crippen LogP contribution is 2.38. The number of carbonyl (C=O) groups is 3. The first kappa shape index (κ1) is 25.5. The van der Waals surface area contributed by atoms with Crippen LogP contribution in [0, 0.1) is 6.92 Å². The molecule has 0 spiro atoms. The number of methoxy groups -OCH3 is 3. The van der Waals surface area contributed by atoms with E-state index in [2.05, 4.69) is 0 Å². The van der Waals surface area contributed by atoms with Gasteiger partial charge in [-0.3, -0.25) is 4.31 Å². The molecule has 0 radical (unpaired) electrons. The van der Waals surface area contributed by atoms with Crippen molar-refractivity contribution in [2.45, 2.75) is 11.8 Å². The van der Waals surface area contributed by atoms with Crippen LogP contribution < -0.4 is 4.31 Å². The number of benzene rings is 2. The summed E-state index contributed by atoms with van der Waals surface area (Å²) < 4.78 is 42.7. The van der Waals surface area contributed by atoms with Gasteiger partial charge < -0.3 is 19.3 Å². The van der Waals surface area contributed by atoms with Gasteiger partial charge in [0.2, 0.25) is 0 Å². The molecule has 1 heterocycles. The van der Waals surface area contributed by atoms with Gasteiger partial charge in [-0.25, -0.2) is 22.8 Å². The van der Waals surface area contributed by atoms with Crippen molar-refractivity contribution >= 4 is 39.4 Å². The second-order valence-corrected chi connectivity index (χ2v) is 9.26. The summed E-state index contributed by atoms with van der Waals surface area (Å²) in [7, 11) is -1.29. The number of para-hydroxylation sites is 1. The third-order valence-electron chi connectivity index (χ3n) is 5.34. The smallest absolute Gasteiger partial charge is 0.342 e. The number of hydrogen-bond donors (Lipinski definition) is 1. The van der Waals surface area contributed by atoms with Gasteiger partial charge in [-0.05, 0) is 31.2 Å². The van der Waals surface area contributed by atoms with E-state index in [0.29, 0.717) is 0 Å². The van der Waals surface area contributed by atoms with E-state index in [9.17, 15) is 27.9 Å². The summed E-state index contributed by atoms with van der Waals surface area (Å²) in [6.07, 6.45) is 0. The van der Waals surface area contributed by atoms with E-state index in [1.54, 1.807) is 19.1 Å². The number of rotatable bonds is 5. The number of sulfonamides is 1. The van der Waals surface area contributed by atoms with Crippen LogP contribution in [0.4, 0.5) is 5.69 Å². The largest absolute Gasteiger partial charge is 0.506 e. The average Bonchev–Trinajstić information content (AvgIpc) is 2.86. The number of aliphatic hydroxyl groups excluding tert-OH is 1. The molecule has 2 aromatic carbocycles. The Kier molecular flexibility index (Phi) is 7.30. The molecule has 1 aliphatic heterocycles. The minimum Gasteiger partial charge on any atom is -0.506 e. The zero-order valence-electron chi connectivity index (χ0n) is 19.4. The van der Waals surface area contributed by atoms with Gasteiger partial charge in [-0.2, -0.15) is 0 Å². The molecule has 11 heteroatoms. The maximum atomic E-state index is 13.8.